The van der Waals surface area contributed by atoms with E-state index >= 15 is 0 Å². The Morgan fingerprint density at radius 3 is 2.63 bits per heavy atom. The third-order valence-electron chi connectivity index (χ3n) is 2.15. The largest absolute Gasteiger partial charge is 0.476 e. The molecule has 0 bridgehead atoms. The van der Waals surface area contributed by atoms with Gasteiger partial charge in [-0.3, -0.25) is 9.78 Å². The highest BCUT2D eigenvalue weighted by atomic mass is 35.5. The monoisotopic (exact) mass is 278 g/mol. The van der Waals surface area contributed by atoms with Gasteiger partial charge in [0.2, 0.25) is 0 Å². The molecule has 0 saturated carbocycles. The molecule has 0 fully saturated rings. The van der Waals surface area contributed by atoms with Crippen LogP contribution in [0.4, 0.5) is 5.82 Å². The number of rotatable bonds is 3. The van der Waals surface area contributed by atoms with Crippen LogP contribution in [0.2, 0.25) is 5.02 Å². The average molecular weight is 279 g/mol. The fraction of sp³-hybridized carbons (Fsp3) is 0. The van der Waals surface area contributed by atoms with Gasteiger partial charge in [-0.25, -0.2) is 14.8 Å². The van der Waals surface area contributed by atoms with Crippen LogP contribution in [-0.2, 0) is 0 Å². The van der Waals surface area contributed by atoms with Crippen molar-refractivity contribution in [3.05, 3.63) is 47.1 Å². The number of carbonyl (C=O) groups is 2. The zero-order valence-corrected chi connectivity index (χ0v) is 10.1. The lowest BCUT2D eigenvalue weighted by Gasteiger charge is -2.07. The van der Waals surface area contributed by atoms with E-state index in [0.29, 0.717) is 0 Å². The number of hydrogen-bond donors (Lipinski definition) is 2. The lowest BCUT2D eigenvalue weighted by Crippen LogP contribution is -2.17. The van der Waals surface area contributed by atoms with Crippen LogP contribution in [0.25, 0.3) is 0 Å². The van der Waals surface area contributed by atoms with Crippen LogP contribution in [0.5, 0.6) is 0 Å². The average Bonchev–Trinajstić information content (AvgIpc) is 2.39. The first-order valence-electron chi connectivity index (χ1n) is 5.04. The summed E-state index contributed by atoms with van der Waals surface area (Å²) in [4.78, 5) is 34.0. The molecular weight excluding hydrogens is 272 g/mol. The van der Waals surface area contributed by atoms with E-state index in [1.807, 2.05) is 0 Å². The van der Waals surface area contributed by atoms with Crippen molar-refractivity contribution in [2.45, 2.75) is 0 Å². The molecule has 2 aromatic rings. The van der Waals surface area contributed by atoms with Gasteiger partial charge in [0, 0.05) is 24.8 Å². The molecule has 0 aromatic carbocycles. The standard InChI is InChI=1S/C11H7ClN4O3/c12-7-5-13-2-1-6(7)10(17)16-9-8(11(18)19)14-3-4-15-9/h1-5H,(H,18,19)(H,15,16,17). The van der Waals surface area contributed by atoms with Crippen LogP contribution in [-0.4, -0.2) is 31.9 Å². The smallest absolute Gasteiger partial charge is 0.358 e. The van der Waals surface area contributed by atoms with Crippen molar-refractivity contribution in [2.75, 3.05) is 5.32 Å². The highest BCUT2D eigenvalue weighted by Gasteiger charge is 2.17. The van der Waals surface area contributed by atoms with E-state index in [1.165, 1.54) is 30.9 Å². The van der Waals surface area contributed by atoms with Crippen molar-refractivity contribution >= 4 is 29.3 Å². The molecule has 2 rings (SSSR count). The maximum atomic E-state index is 11.9. The van der Waals surface area contributed by atoms with Crippen LogP contribution in [0, 0.1) is 0 Å². The van der Waals surface area contributed by atoms with Crippen LogP contribution in [0.15, 0.2) is 30.9 Å². The molecule has 19 heavy (non-hydrogen) atoms. The van der Waals surface area contributed by atoms with Gasteiger partial charge in [-0.1, -0.05) is 11.6 Å². The van der Waals surface area contributed by atoms with Crippen LogP contribution < -0.4 is 5.32 Å². The molecule has 2 aromatic heterocycles. The van der Waals surface area contributed by atoms with E-state index in [0.717, 1.165) is 0 Å². The number of carboxylic acid groups (broad SMARTS) is 1. The highest BCUT2D eigenvalue weighted by Crippen LogP contribution is 2.16. The number of nitrogens with zero attached hydrogens (tertiary/aromatic N) is 3. The Bertz CT molecular complexity index is 647. The van der Waals surface area contributed by atoms with Crippen molar-refractivity contribution in [3.63, 3.8) is 0 Å². The van der Waals surface area contributed by atoms with E-state index in [4.69, 9.17) is 16.7 Å². The molecule has 0 spiro atoms. The Morgan fingerprint density at radius 2 is 1.95 bits per heavy atom. The number of nitrogens with one attached hydrogen (secondary N) is 1. The van der Waals surface area contributed by atoms with Crippen molar-refractivity contribution in [1.29, 1.82) is 0 Å². The minimum atomic E-state index is -1.29. The number of anilines is 1. The topological polar surface area (TPSA) is 105 Å². The predicted octanol–water partition coefficient (Wildman–Crippen LogP) is 1.48. The predicted molar refractivity (Wildman–Crippen MR) is 66.2 cm³/mol. The lowest BCUT2D eigenvalue weighted by atomic mass is 10.2. The Hall–Kier alpha value is -2.54. The van der Waals surface area contributed by atoms with Gasteiger partial charge in [-0.05, 0) is 6.07 Å². The van der Waals surface area contributed by atoms with Crippen molar-refractivity contribution in [3.8, 4) is 0 Å². The van der Waals surface area contributed by atoms with Gasteiger partial charge in [0.05, 0.1) is 10.6 Å². The summed E-state index contributed by atoms with van der Waals surface area (Å²) >= 11 is 5.81. The first kappa shape index (κ1) is 12.9. The molecule has 0 saturated heterocycles. The normalized spacial score (nSPS) is 9.95. The molecule has 0 aliphatic carbocycles. The number of halogens is 1. The molecule has 7 nitrogen and oxygen atoms in total. The molecular formula is C11H7ClN4O3. The van der Waals surface area contributed by atoms with E-state index < -0.39 is 11.9 Å². The second kappa shape index (κ2) is 5.40. The number of pyridine rings is 1. The number of carboxylic acids is 1. The molecule has 0 atom stereocenters. The second-order valence-electron chi connectivity index (χ2n) is 3.37. The summed E-state index contributed by atoms with van der Waals surface area (Å²) in [5.41, 5.74) is -0.181. The number of carbonyl (C=O) groups excluding carboxylic acids is 1. The zero-order chi connectivity index (χ0) is 13.8. The van der Waals surface area contributed by atoms with Gasteiger partial charge in [-0.15, -0.1) is 0 Å². The Balaban J connectivity index is 2.30. The summed E-state index contributed by atoms with van der Waals surface area (Å²) in [6.07, 6.45) is 5.20. The fourth-order valence-corrected chi connectivity index (χ4v) is 1.53. The van der Waals surface area contributed by atoms with Crippen LogP contribution in [0.3, 0.4) is 0 Å². The van der Waals surface area contributed by atoms with Crippen LogP contribution >= 0.6 is 11.6 Å². The molecule has 0 radical (unpaired) electrons. The Morgan fingerprint density at radius 1 is 1.21 bits per heavy atom. The molecule has 8 heteroatoms. The number of aromatic nitrogens is 3. The minimum absolute atomic E-state index is 0.145. The van der Waals surface area contributed by atoms with Crippen LogP contribution in [0.1, 0.15) is 20.8 Å². The van der Waals surface area contributed by atoms with E-state index in [2.05, 4.69) is 20.3 Å². The first-order chi connectivity index (χ1) is 9.09. The Kier molecular flexibility index (Phi) is 3.67. The van der Waals surface area contributed by atoms with E-state index in [9.17, 15) is 9.59 Å². The third kappa shape index (κ3) is 2.83. The summed E-state index contributed by atoms with van der Waals surface area (Å²) in [5, 5.41) is 11.4. The lowest BCUT2D eigenvalue weighted by molar-refractivity contribution is 0.0691. The fourth-order valence-electron chi connectivity index (χ4n) is 1.32. The maximum Gasteiger partial charge on any atom is 0.358 e. The SMILES string of the molecule is O=C(Nc1nccnc1C(=O)O)c1ccncc1Cl. The summed E-state index contributed by atoms with van der Waals surface area (Å²) in [5.74, 6) is -2.02. The first-order valence-corrected chi connectivity index (χ1v) is 5.42. The van der Waals surface area contributed by atoms with Gasteiger partial charge in [0.15, 0.2) is 11.5 Å². The molecule has 0 aliphatic heterocycles. The van der Waals surface area contributed by atoms with E-state index in [1.54, 1.807) is 0 Å². The van der Waals surface area contributed by atoms with Crippen molar-refractivity contribution < 1.29 is 14.7 Å². The molecule has 2 heterocycles. The van der Waals surface area contributed by atoms with E-state index in [-0.39, 0.29) is 22.1 Å². The Labute approximate surface area is 112 Å². The van der Waals surface area contributed by atoms with Gasteiger partial charge >= 0.3 is 5.97 Å². The summed E-state index contributed by atoms with van der Waals surface area (Å²) in [7, 11) is 0. The second-order valence-corrected chi connectivity index (χ2v) is 3.78. The third-order valence-corrected chi connectivity index (χ3v) is 2.45. The highest BCUT2D eigenvalue weighted by molar-refractivity contribution is 6.34. The van der Waals surface area contributed by atoms with Gasteiger partial charge in [-0.2, -0.15) is 0 Å². The maximum absolute atomic E-state index is 11.9. The van der Waals surface area contributed by atoms with Crippen molar-refractivity contribution in [2.24, 2.45) is 0 Å². The zero-order valence-electron chi connectivity index (χ0n) is 9.37. The summed E-state index contributed by atoms with van der Waals surface area (Å²) in [6.45, 7) is 0. The van der Waals surface area contributed by atoms with Gasteiger partial charge in [0.25, 0.3) is 5.91 Å². The quantitative estimate of drug-likeness (QED) is 0.881. The minimum Gasteiger partial charge on any atom is -0.476 e. The molecule has 1 amide bonds. The van der Waals surface area contributed by atoms with Crippen molar-refractivity contribution in [1.82, 2.24) is 15.0 Å². The number of aromatic carboxylic acids is 1. The summed E-state index contributed by atoms with van der Waals surface area (Å²) < 4.78 is 0. The molecule has 96 valence electrons. The summed E-state index contributed by atoms with van der Waals surface area (Å²) in [6, 6.07) is 1.41. The van der Waals surface area contributed by atoms with Gasteiger partial charge < -0.3 is 10.4 Å². The van der Waals surface area contributed by atoms with Gasteiger partial charge in [0.1, 0.15) is 0 Å². The molecule has 0 unspecified atom stereocenters. The number of hydrogen-bond acceptors (Lipinski definition) is 5. The molecule has 0 aliphatic rings. The number of amides is 1. The molecule has 2 N–H and O–H groups in total.